The van der Waals surface area contributed by atoms with Gasteiger partial charge in [0.2, 0.25) is 0 Å². The molecule has 0 fully saturated rings. The lowest BCUT2D eigenvalue weighted by atomic mass is 10.0. The van der Waals surface area contributed by atoms with E-state index in [0.29, 0.717) is 13.2 Å². The average Bonchev–Trinajstić information content (AvgIpc) is 2.74. The maximum Gasteiger partial charge on any atom is 0.129 e. The molecule has 0 aliphatic rings. The van der Waals surface area contributed by atoms with Crippen LogP contribution in [-0.4, -0.2) is 6.21 Å². The highest BCUT2D eigenvalue weighted by Gasteiger charge is 2.07. The largest absolute Gasteiger partial charge is 0.488 e. The van der Waals surface area contributed by atoms with E-state index in [1.165, 1.54) is 10.9 Å². The van der Waals surface area contributed by atoms with Gasteiger partial charge in [-0.25, -0.2) is 0 Å². The summed E-state index contributed by atoms with van der Waals surface area (Å²) in [6.07, 6.45) is 1.94. The van der Waals surface area contributed by atoms with Gasteiger partial charge in [-0.1, -0.05) is 91.0 Å². The van der Waals surface area contributed by atoms with E-state index >= 15 is 0 Å². The molecule has 0 unspecified atom stereocenters. The number of fused-ring (bicyclic) bond motifs is 1. The normalized spacial score (nSPS) is 11.1. The van der Waals surface area contributed by atoms with Gasteiger partial charge < -0.3 is 4.74 Å². The molecule has 0 aliphatic heterocycles. The summed E-state index contributed by atoms with van der Waals surface area (Å²) < 4.78 is 6.14. The standard InChI is InChI=1S/C25H21NO/c1-3-9-20(10-4-1)17-26-18-24-23-14-8-7-13-22(23)15-16-25(24)27-19-21-11-5-2-6-12-21/h1-16,18H,17,19H2. The van der Waals surface area contributed by atoms with Gasteiger partial charge >= 0.3 is 0 Å². The second-order valence-corrected chi connectivity index (χ2v) is 6.43. The van der Waals surface area contributed by atoms with Gasteiger partial charge in [0.05, 0.1) is 6.54 Å². The molecule has 0 aliphatic carbocycles. The minimum Gasteiger partial charge on any atom is -0.488 e. The number of benzene rings is 4. The maximum atomic E-state index is 6.14. The molecule has 2 nitrogen and oxygen atoms in total. The molecule has 0 heterocycles. The third-order valence-electron chi connectivity index (χ3n) is 4.50. The van der Waals surface area contributed by atoms with Gasteiger partial charge in [-0.15, -0.1) is 0 Å². The van der Waals surface area contributed by atoms with Crippen molar-refractivity contribution in [3.63, 3.8) is 0 Å². The summed E-state index contributed by atoms with van der Waals surface area (Å²) in [5.74, 6) is 0.856. The van der Waals surface area contributed by atoms with Crippen LogP contribution in [-0.2, 0) is 13.2 Å². The maximum absolute atomic E-state index is 6.14. The smallest absolute Gasteiger partial charge is 0.129 e. The van der Waals surface area contributed by atoms with Crippen LogP contribution in [0.4, 0.5) is 0 Å². The number of rotatable bonds is 6. The van der Waals surface area contributed by atoms with E-state index in [1.807, 2.05) is 48.7 Å². The van der Waals surface area contributed by atoms with Crippen LogP contribution in [0.1, 0.15) is 16.7 Å². The molecule has 0 aromatic heterocycles. The molecule has 0 saturated carbocycles. The first-order valence-corrected chi connectivity index (χ1v) is 9.12. The second-order valence-electron chi connectivity index (χ2n) is 6.43. The third kappa shape index (κ3) is 4.24. The number of aliphatic imine (C=N–C) groups is 1. The van der Waals surface area contributed by atoms with Crippen LogP contribution in [0.5, 0.6) is 5.75 Å². The third-order valence-corrected chi connectivity index (χ3v) is 4.50. The summed E-state index contributed by atoms with van der Waals surface area (Å²) in [5.41, 5.74) is 3.37. The molecule has 132 valence electrons. The highest BCUT2D eigenvalue weighted by Crippen LogP contribution is 2.27. The Morgan fingerprint density at radius 1 is 0.667 bits per heavy atom. The van der Waals surface area contributed by atoms with E-state index < -0.39 is 0 Å². The Balaban J connectivity index is 1.63. The van der Waals surface area contributed by atoms with Crippen molar-refractivity contribution in [2.24, 2.45) is 4.99 Å². The first kappa shape index (κ1) is 17.0. The van der Waals surface area contributed by atoms with Crippen molar-refractivity contribution in [2.45, 2.75) is 13.2 Å². The Labute approximate surface area is 159 Å². The molecule has 4 aromatic rings. The van der Waals surface area contributed by atoms with Gasteiger partial charge in [0.1, 0.15) is 12.4 Å². The molecule has 4 rings (SSSR count). The topological polar surface area (TPSA) is 21.6 Å². The Bertz CT molecular complexity index is 1040. The van der Waals surface area contributed by atoms with Crippen molar-refractivity contribution in [3.05, 3.63) is 114 Å². The number of ether oxygens (including phenoxy) is 1. The first-order valence-electron chi connectivity index (χ1n) is 9.12. The van der Waals surface area contributed by atoms with Gasteiger partial charge in [0, 0.05) is 11.8 Å². The highest BCUT2D eigenvalue weighted by atomic mass is 16.5. The fraction of sp³-hybridized carbons (Fsp3) is 0.0800. The molecule has 27 heavy (non-hydrogen) atoms. The summed E-state index contributed by atoms with van der Waals surface area (Å²) in [6.45, 7) is 1.20. The Morgan fingerprint density at radius 3 is 2.11 bits per heavy atom. The van der Waals surface area contributed by atoms with Gasteiger partial charge in [0.25, 0.3) is 0 Å². The lowest BCUT2D eigenvalue weighted by Crippen LogP contribution is -1.99. The Kier molecular flexibility index (Phi) is 5.26. The van der Waals surface area contributed by atoms with E-state index in [-0.39, 0.29) is 0 Å². The summed E-state index contributed by atoms with van der Waals surface area (Å²) in [4.78, 5) is 4.67. The molecule has 2 heteroatoms. The summed E-state index contributed by atoms with van der Waals surface area (Å²) in [6, 6.07) is 33.0. The lowest BCUT2D eigenvalue weighted by Gasteiger charge is -2.12. The van der Waals surface area contributed by atoms with Crippen molar-refractivity contribution in [2.75, 3.05) is 0 Å². The fourth-order valence-electron chi connectivity index (χ4n) is 3.10. The molecule has 0 N–H and O–H groups in total. The molecular formula is C25H21NO. The van der Waals surface area contributed by atoms with Crippen LogP contribution in [0.3, 0.4) is 0 Å². The lowest BCUT2D eigenvalue weighted by molar-refractivity contribution is 0.306. The molecule has 0 spiro atoms. The molecule has 4 aromatic carbocycles. The van der Waals surface area contributed by atoms with Crippen molar-refractivity contribution in [1.82, 2.24) is 0 Å². The molecule has 0 bridgehead atoms. The first-order chi connectivity index (χ1) is 13.4. The van der Waals surface area contributed by atoms with Crippen LogP contribution in [0.25, 0.3) is 10.8 Å². The van der Waals surface area contributed by atoms with Crippen molar-refractivity contribution in [1.29, 1.82) is 0 Å². The summed E-state index contributed by atoms with van der Waals surface area (Å²) >= 11 is 0. The molecule has 0 amide bonds. The Morgan fingerprint density at radius 2 is 1.33 bits per heavy atom. The molecule has 0 atom stereocenters. The van der Waals surface area contributed by atoms with Crippen LogP contribution in [0.2, 0.25) is 0 Å². The summed E-state index contributed by atoms with van der Waals surface area (Å²) in [7, 11) is 0. The van der Waals surface area contributed by atoms with Crippen LogP contribution < -0.4 is 4.74 Å². The van der Waals surface area contributed by atoms with E-state index in [0.717, 1.165) is 22.3 Å². The van der Waals surface area contributed by atoms with Crippen LogP contribution >= 0.6 is 0 Å². The monoisotopic (exact) mass is 351 g/mol. The fourth-order valence-corrected chi connectivity index (χ4v) is 3.10. The van der Waals surface area contributed by atoms with E-state index in [9.17, 15) is 0 Å². The zero-order valence-corrected chi connectivity index (χ0v) is 15.1. The van der Waals surface area contributed by atoms with E-state index in [2.05, 4.69) is 59.6 Å². The van der Waals surface area contributed by atoms with Gasteiger partial charge in [-0.05, 0) is 28.0 Å². The number of nitrogens with zero attached hydrogens (tertiary/aromatic N) is 1. The predicted octanol–water partition coefficient (Wildman–Crippen LogP) is 6.04. The van der Waals surface area contributed by atoms with Crippen LogP contribution in [0.15, 0.2) is 102 Å². The van der Waals surface area contributed by atoms with Gasteiger partial charge in [0.15, 0.2) is 0 Å². The van der Waals surface area contributed by atoms with Gasteiger partial charge in [-0.2, -0.15) is 0 Å². The molecular weight excluding hydrogens is 330 g/mol. The Hall–Kier alpha value is -3.39. The van der Waals surface area contributed by atoms with E-state index in [1.54, 1.807) is 0 Å². The van der Waals surface area contributed by atoms with Crippen molar-refractivity contribution in [3.8, 4) is 5.75 Å². The second kappa shape index (κ2) is 8.33. The summed E-state index contributed by atoms with van der Waals surface area (Å²) in [5, 5.41) is 2.34. The average molecular weight is 351 g/mol. The number of hydrogen-bond donors (Lipinski definition) is 0. The molecule has 0 saturated heterocycles. The molecule has 0 radical (unpaired) electrons. The zero-order valence-electron chi connectivity index (χ0n) is 15.1. The van der Waals surface area contributed by atoms with Crippen molar-refractivity contribution < 1.29 is 4.74 Å². The zero-order chi connectivity index (χ0) is 18.3. The van der Waals surface area contributed by atoms with Crippen LogP contribution in [0, 0.1) is 0 Å². The quantitative estimate of drug-likeness (QED) is 0.388. The predicted molar refractivity (Wildman–Crippen MR) is 112 cm³/mol. The highest BCUT2D eigenvalue weighted by molar-refractivity contribution is 6.02. The van der Waals surface area contributed by atoms with Gasteiger partial charge in [-0.3, -0.25) is 4.99 Å². The SMILES string of the molecule is C(=NCc1ccccc1)c1c(OCc2ccccc2)ccc2ccccc12. The minimum atomic E-state index is 0.540. The number of hydrogen-bond acceptors (Lipinski definition) is 2. The minimum absolute atomic E-state index is 0.540. The van der Waals surface area contributed by atoms with Crippen molar-refractivity contribution >= 4 is 17.0 Å². The van der Waals surface area contributed by atoms with E-state index in [4.69, 9.17) is 4.74 Å².